The number of amides is 1. The van der Waals surface area contributed by atoms with Crippen molar-refractivity contribution in [3.63, 3.8) is 0 Å². The Morgan fingerprint density at radius 2 is 1.88 bits per heavy atom. The molecule has 0 atom stereocenters. The molecule has 1 aliphatic rings. The van der Waals surface area contributed by atoms with Crippen LogP contribution in [0.5, 0.6) is 0 Å². The maximum Gasteiger partial charge on any atom is 0.244 e. The zero-order valence-electron chi connectivity index (χ0n) is 14.8. The van der Waals surface area contributed by atoms with Crippen molar-refractivity contribution in [1.29, 1.82) is 0 Å². The Bertz CT molecular complexity index is 843. The molecule has 0 radical (unpaired) electrons. The fourth-order valence-electron chi connectivity index (χ4n) is 3.08. The molecule has 2 aromatic rings. The van der Waals surface area contributed by atoms with E-state index in [4.69, 9.17) is 0 Å². The number of aromatic nitrogens is 1. The molecule has 1 aliphatic heterocycles. The van der Waals surface area contributed by atoms with E-state index >= 15 is 0 Å². The number of carbonyl (C=O) groups excluding carboxylic acids is 1. The number of pyridine rings is 1. The lowest BCUT2D eigenvalue weighted by Crippen LogP contribution is -2.41. The summed E-state index contributed by atoms with van der Waals surface area (Å²) in [6.45, 7) is 2.76. The van der Waals surface area contributed by atoms with Crippen molar-refractivity contribution >= 4 is 21.6 Å². The van der Waals surface area contributed by atoms with Gasteiger partial charge in [0.2, 0.25) is 15.9 Å². The molecule has 7 heteroatoms. The minimum Gasteiger partial charge on any atom is -0.326 e. The van der Waals surface area contributed by atoms with Crippen LogP contribution in [0.1, 0.15) is 25.3 Å². The van der Waals surface area contributed by atoms with Crippen LogP contribution in [0, 0.1) is 5.92 Å². The fraction of sp³-hybridized carbons (Fsp3) is 0.368. The lowest BCUT2D eigenvalue weighted by molar-refractivity contribution is -0.120. The van der Waals surface area contributed by atoms with Crippen LogP contribution in [0.25, 0.3) is 0 Å². The SMILES string of the molecule is CCc1ccc(NC(=O)C2CCN(S(=O)(=O)c3cccnc3)CC2)cc1. The zero-order valence-corrected chi connectivity index (χ0v) is 15.6. The first kappa shape index (κ1) is 18.5. The number of hydrogen-bond acceptors (Lipinski definition) is 4. The van der Waals surface area contributed by atoms with Crippen molar-refractivity contribution in [2.24, 2.45) is 5.92 Å². The number of anilines is 1. The maximum absolute atomic E-state index is 12.6. The quantitative estimate of drug-likeness (QED) is 0.874. The van der Waals surface area contributed by atoms with E-state index in [2.05, 4.69) is 17.2 Å². The Kier molecular flexibility index (Phi) is 5.68. The van der Waals surface area contributed by atoms with E-state index in [9.17, 15) is 13.2 Å². The topological polar surface area (TPSA) is 79.4 Å². The van der Waals surface area contributed by atoms with Gasteiger partial charge in [-0.2, -0.15) is 4.31 Å². The highest BCUT2D eigenvalue weighted by Gasteiger charge is 2.32. The van der Waals surface area contributed by atoms with Crippen molar-refractivity contribution in [2.45, 2.75) is 31.1 Å². The Hall–Kier alpha value is -2.25. The van der Waals surface area contributed by atoms with Crippen LogP contribution in [0.15, 0.2) is 53.7 Å². The molecule has 1 aromatic heterocycles. The van der Waals surface area contributed by atoms with Gasteiger partial charge < -0.3 is 5.32 Å². The van der Waals surface area contributed by atoms with Gasteiger partial charge in [-0.3, -0.25) is 9.78 Å². The molecule has 138 valence electrons. The van der Waals surface area contributed by atoms with E-state index in [0.29, 0.717) is 25.9 Å². The summed E-state index contributed by atoms with van der Waals surface area (Å²) in [5.74, 6) is -0.228. The van der Waals surface area contributed by atoms with Crippen molar-refractivity contribution in [1.82, 2.24) is 9.29 Å². The zero-order chi connectivity index (χ0) is 18.6. The number of rotatable bonds is 5. The molecular weight excluding hydrogens is 350 g/mol. The summed E-state index contributed by atoms with van der Waals surface area (Å²) < 4.78 is 26.6. The number of piperidine rings is 1. The number of hydrogen-bond donors (Lipinski definition) is 1. The summed E-state index contributed by atoms with van der Waals surface area (Å²) in [7, 11) is -3.54. The average molecular weight is 373 g/mol. The van der Waals surface area contributed by atoms with Crippen LogP contribution in [-0.4, -0.2) is 36.7 Å². The Balaban J connectivity index is 1.58. The molecule has 1 fully saturated rings. The highest BCUT2D eigenvalue weighted by atomic mass is 32.2. The Morgan fingerprint density at radius 3 is 2.46 bits per heavy atom. The summed E-state index contributed by atoms with van der Waals surface area (Å²) >= 11 is 0. The smallest absolute Gasteiger partial charge is 0.244 e. The second kappa shape index (κ2) is 7.97. The van der Waals surface area contributed by atoms with Crippen molar-refractivity contribution in [3.8, 4) is 0 Å². The predicted molar refractivity (Wildman–Crippen MR) is 100 cm³/mol. The molecule has 0 unspecified atom stereocenters. The number of sulfonamides is 1. The highest BCUT2D eigenvalue weighted by molar-refractivity contribution is 7.89. The molecule has 26 heavy (non-hydrogen) atoms. The molecule has 6 nitrogen and oxygen atoms in total. The van der Waals surface area contributed by atoms with E-state index in [-0.39, 0.29) is 16.7 Å². The van der Waals surface area contributed by atoms with Crippen molar-refractivity contribution in [2.75, 3.05) is 18.4 Å². The number of carbonyl (C=O) groups is 1. The summed E-state index contributed by atoms with van der Waals surface area (Å²) in [6, 6.07) is 11.0. The number of aryl methyl sites for hydroxylation is 1. The minimum atomic E-state index is -3.54. The molecule has 0 spiro atoms. The van der Waals surface area contributed by atoms with Gasteiger partial charge in [-0.25, -0.2) is 8.42 Å². The predicted octanol–water partition coefficient (Wildman–Crippen LogP) is 2.68. The minimum absolute atomic E-state index is 0.0484. The van der Waals surface area contributed by atoms with Gasteiger partial charge in [-0.15, -0.1) is 0 Å². The van der Waals surface area contributed by atoms with Gasteiger partial charge in [0, 0.05) is 37.1 Å². The van der Waals surface area contributed by atoms with E-state index in [0.717, 1.165) is 12.1 Å². The second-order valence-corrected chi connectivity index (χ2v) is 8.34. The number of benzene rings is 1. The largest absolute Gasteiger partial charge is 0.326 e. The average Bonchev–Trinajstić information content (AvgIpc) is 2.69. The molecule has 3 rings (SSSR count). The monoisotopic (exact) mass is 373 g/mol. The van der Waals surface area contributed by atoms with E-state index in [1.807, 2.05) is 24.3 Å². The summed E-state index contributed by atoms with van der Waals surface area (Å²) in [6.07, 6.45) is 4.88. The Morgan fingerprint density at radius 1 is 1.19 bits per heavy atom. The Labute approximate surface area is 154 Å². The van der Waals surface area contributed by atoms with E-state index in [1.165, 1.54) is 16.1 Å². The van der Waals surface area contributed by atoms with Gasteiger partial charge in [0.15, 0.2) is 0 Å². The third kappa shape index (κ3) is 4.11. The van der Waals surface area contributed by atoms with E-state index in [1.54, 1.807) is 18.3 Å². The lowest BCUT2D eigenvalue weighted by Gasteiger charge is -2.30. The molecule has 1 N–H and O–H groups in total. The summed E-state index contributed by atoms with van der Waals surface area (Å²) in [5, 5.41) is 2.93. The molecule has 1 saturated heterocycles. The van der Waals surface area contributed by atoms with Gasteiger partial charge in [0.1, 0.15) is 4.90 Å². The molecular formula is C19H23N3O3S. The summed E-state index contributed by atoms with van der Waals surface area (Å²) in [4.78, 5) is 16.5. The van der Waals surface area contributed by atoms with Gasteiger partial charge in [-0.1, -0.05) is 19.1 Å². The van der Waals surface area contributed by atoms with Crippen molar-refractivity contribution in [3.05, 3.63) is 54.4 Å². The first-order valence-electron chi connectivity index (χ1n) is 8.80. The first-order valence-corrected chi connectivity index (χ1v) is 10.2. The van der Waals surface area contributed by atoms with Crippen LogP contribution in [0.2, 0.25) is 0 Å². The summed E-state index contributed by atoms with van der Waals surface area (Å²) in [5.41, 5.74) is 1.99. The lowest BCUT2D eigenvalue weighted by atomic mass is 9.97. The van der Waals surface area contributed by atoms with Crippen LogP contribution in [-0.2, 0) is 21.2 Å². The molecule has 2 heterocycles. The standard InChI is InChI=1S/C19H23N3O3S/c1-2-15-5-7-17(8-6-15)21-19(23)16-9-12-22(13-10-16)26(24,25)18-4-3-11-20-14-18/h3-8,11,14,16H,2,9-10,12-13H2,1H3,(H,21,23). The molecule has 1 amide bonds. The van der Waals surface area contributed by atoms with Crippen LogP contribution in [0.3, 0.4) is 0 Å². The molecule has 1 aromatic carbocycles. The molecule has 0 aliphatic carbocycles. The maximum atomic E-state index is 12.6. The van der Waals surface area contributed by atoms with Crippen molar-refractivity contribution < 1.29 is 13.2 Å². The molecule has 0 bridgehead atoms. The van der Waals surface area contributed by atoms with Gasteiger partial charge in [-0.05, 0) is 49.1 Å². The third-order valence-electron chi connectivity index (χ3n) is 4.73. The fourth-order valence-corrected chi connectivity index (χ4v) is 4.51. The second-order valence-electron chi connectivity index (χ2n) is 6.41. The van der Waals surface area contributed by atoms with Gasteiger partial charge in [0.05, 0.1) is 0 Å². The van der Waals surface area contributed by atoms with Gasteiger partial charge >= 0.3 is 0 Å². The third-order valence-corrected chi connectivity index (χ3v) is 6.61. The molecule has 0 saturated carbocycles. The van der Waals surface area contributed by atoms with Crippen LogP contribution >= 0.6 is 0 Å². The number of nitrogens with zero attached hydrogens (tertiary/aromatic N) is 2. The van der Waals surface area contributed by atoms with Crippen LogP contribution < -0.4 is 5.32 Å². The van der Waals surface area contributed by atoms with Gasteiger partial charge in [0.25, 0.3) is 0 Å². The highest BCUT2D eigenvalue weighted by Crippen LogP contribution is 2.24. The number of nitrogens with one attached hydrogen (secondary N) is 1. The van der Waals surface area contributed by atoms with Crippen LogP contribution in [0.4, 0.5) is 5.69 Å². The normalized spacial score (nSPS) is 16.3. The first-order chi connectivity index (χ1) is 12.5. The van der Waals surface area contributed by atoms with E-state index < -0.39 is 10.0 Å².